The fourth-order valence-electron chi connectivity index (χ4n) is 3.12. The van der Waals surface area contributed by atoms with Gasteiger partial charge in [-0.05, 0) is 35.3 Å². The maximum atomic E-state index is 12.2. The SMILES string of the molecule is COC(=O)[C@@H]1CC(c2ccccc2)=C[C@@H]1c1ccc(C#N)cc1. The van der Waals surface area contributed by atoms with Crippen molar-refractivity contribution in [2.24, 2.45) is 5.92 Å². The van der Waals surface area contributed by atoms with Gasteiger partial charge in [0, 0.05) is 5.92 Å². The van der Waals surface area contributed by atoms with E-state index in [0.29, 0.717) is 12.0 Å². The molecule has 0 saturated carbocycles. The van der Waals surface area contributed by atoms with Crippen molar-refractivity contribution in [1.29, 1.82) is 5.26 Å². The van der Waals surface area contributed by atoms with E-state index in [2.05, 4.69) is 24.3 Å². The Morgan fingerprint density at radius 2 is 1.83 bits per heavy atom. The van der Waals surface area contributed by atoms with E-state index < -0.39 is 0 Å². The molecule has 0 unspecified atom stereocenters. The molecule has 1 aliphatic rings. The Kier molecular flexibility index (Phi) is 4.25. The number of hydrogen-bond acceptors (Lipinski definition) is 3. The van der Waals surface area contributed by atoms with Crippen LogP contribution in [0.3, 0.4) is 0 Å². The molecular weight excluding hydrogens is 286 g/mol. The number of nitrogens with zero attached hydrogens (tertiary/aromatic N) is 1. The highest BCUT2D eigenvalue weighted by molar-refractivity contribution is 5.82. The van der Waals surface area contributed by atoms with Gasteiger partial charge in [-0.25, -0.2) is 0 Å². The second-order valence-corrected chi connectivity index (χ2v) is 5.65. The normalized spacial score (nSPS) is 19.7. The second-order valence-electron chi connectivity index (χ2n) is 5.65. The van der Waals surface area contributed by atoms with Crippen molar-refractivity contribution in [3.8, 4) is 6.07 Å². The third-order valence-electron chi connectivity index (χ3n) is 4.33. The molecule has 0 bridgehead atoms. The largest absolute Gasteiger partial charge is 0.469 e. The molecule has 2 atom stereocenters. The number of benzene rings is 2. The lowest BCUT2D eigenvalue weighted by Crippen LogP contribution is -2.19. The van der Waals surface area contributed by atoms with Gasteiger partial charge in [0.05, 0.1) is 24.7 Å². The van der Waals surface area contributed by atoms with E-state index in [4.69, 9.17) is 10.00 Å². The molecule has 3 rings (SSSR count). The molecule has 2 aromatic carbocycles. The molecular formula is C20H17NO2. The van der Waals surface area contributed by atoms with E-state index in [-0.39, 0.29) is 17.8 Å². The Hall–Kier alpha value is -2.86. The summed E-state index contributed by atoms with van der Waals surface area (Å²) in [6, 6.07) is 19.6. The van der Waals surface area contributed by atoms with E-state index in [1.54, 1.807) is 12.1 Å². The van der Waals surface area contributed by atoms with E-state index in [1.807, 2.05) is 30.3 Å². The minimum absolute atomic E-state index is 0.0228. The van der Waals surface area contributed by atoms with Gasteiger partial charge in [-0.3, -0.25) is 4.79 Å². The number of allylic oxidation sites excluding steroid dienone is 2. The molecule has 0 aliphatic heterocycles. The van der Waals surface area contributed by atoms with Crippen LogP contribution >= 0.6 is 0 Å². The number of esters is 1. The van der Waals surface area contributed by atoms with Gasteiger partial charge in [0.1, 0.15) is 0 Å². The minimum atomic E-state index is -0.219. The number of nitriles is 1. The molecule has 23 heavy (non-hydrogen) atoms. The van der Waals surface area contributed by atoms with Gasteiger partial charge in [0.2, 0.25) is 0 Å². The third-order valence-corrected chi connectivity index (χ3v) is 4.33. The van der Waals surface area contributed by atoms with Gasteiger partial charge in [-0.15, -0.1) is 0 Å². The van der Waals surface area contributed by atoms with Gasteiger partial charge < -0.3 is 4.74 Å². The van der Waals surface area contributed by atoms with Crippen LogP contribution in [0.5, 0.6) is 0 Å². The Labute approximate surface area is 135 Å². The molecule has 0 N–H and O–H groups in total. The molecule has 0 fully saturated rings. The van der Waals surface area contributed by atoms with Crippen molar-refractivity contribution in [2.75, 3.05) is 7.11 Å². The maximum Gasteiger partial charge on any atom is 0.309 e. The number of carbonyl (C=O) groups is 1. The number of methoxy groups -OCH3 is 1. The van der Waals surface area contributed by atoms with Crippen LogP contribution in [0.4, 0.5) is 0 Å². The van der Waals surface area contributed by atoms with Crippen molar-refractivity contribution >= 4 is 11.5 Å². The highest BCUT2D eigenvalue weighted by atomic mass is 16.5. The lowest BCUT2D eigenvalue weighted by Gasteiger charge is -2.17. The topological polar surface area (TPSA) is 50.1 Å². The summed E-state index contributed by atoms with van der Waals surface area (Å²) in [5.74, 6) is -0.435. The van der Waals surface area contributed by atoms with Crippen LogP contribution in [-0.4, -0.2) is 13.1 Å². The van der Waals surface area contributed by atoms with Gasteiger partial charge in [-0.2, -0.15) is 5.26 Å². The van der Waals surface area contributed by atoms with Crippen molar-refractivity contribution in [3.63, 3.8) is 0 Å². The molecule has 0 radical (unpaired) electrons. The molecule has 114 valence electrons. The predicted molar refractivity (Wildman–Crippen MR) is 88.4 cm³/mol. The maximum absolute atomic E-state index is 12.2. The first-order chi connectivity index (χ1) is 11.2. The molecule has 2 aromatic rings. The molecule has 1 aliphatic carbocycles. The summed E-state index contributed by atoms with van der Waals surface area (Å²) in [6.07, 6.45) is 2.82. The number of rotatable bonds is 3. The molecule has 3 heteroatoms. The molecule has 0 spiro atoms. The molecule has 0 heterocycles. The zero-order valence-electron chi connectivity index (χ0n) is 12.9. The summed E-state index contributed by atoms with van der Waals surface area (Å²) in [5, 5.41) is 8.93. The van der Waals surface area contributed by atoms with Gasteiger partial charge in [0.15, 0.2) is 0 Å². The van der Waals surface area contributed by atoms with Crippen molar-refractivity contribution in [3.05, 3.63) is 77.4 Å². The van der Waals surface area contributed by atoms with Crippen LogP contribution in [-0.2, 0) is 9.53 Å². The van der Waals surface area contributed by atoms with Gasteiger partial charge >= 0.3 is 5.97 Å². The summed E-state index contributed by atoms with van der Waals surface area (Å²) < 4.78 is 4.99. The first kappa shape index (κ1) is 15.1. The lowest BCUT2D eigenvalue weighted by atomic mass is 9.88. The van der Waals surface area contributed by atoms with E-state index in [9.17, 15) is 4.79 Å². The summed E-state index contributed by atoms with van der Waals surface area (Å²) in [5.41, 5.74) is 3.95. The first-order valence-corrected chi connectivity index (χ1v) is 7.57. The minimum Gasteiger partial charge on any atom is -0.469 e. The lowest BCUT2D eigenvalue weighted by molar-refractivity contribution is -0.145. The van der Waals surface area contributed by atoms with E-state index in [0.717, 1.165) is 16.7 Å². The summed E-state index contributed by atoms with van der Waals surface area (Å²) in [7, 11) is 1.43. The van der Waals surface area contributed by atoms with Crippen LogP contribution < -0.4 is 0 Å². The quantitative estimate of drug-likeness (QED) is 0.808. The Morgan fingerprint density at radius 1 is 1.13 bits per heavy atom. The van der Waals surface area contributed by atoms with Crippen LogP contribution in [0.1, 0.15) is 29.0 Å². The molecule has 3 nitrogen and oxygen atoms in total. The number of hydrogen-bond donors (Lipinski definition) is 0. The zero-order chi connectivity index (χ0) is 16.2. The fourth-order valence-corrected chi connectivity index (χ4v) is 3.12. The van der Waals surface area contributed by atoms with Crippen molar-refractivity contribution < 1.29 is 9.53 Å². The average Bonchev–Trinajstić information content (AvgIpc) is 3.07. The monoisotopic (exact) mass is 303 g/mol. The fraction of sp³-hybridized carbons (Fsp3) is 0.200. The van der Waals surface area contributed by atoms with Crippen LogP contribution in [0, 0.1) is 17.2 Å². The van der Waals surface area contributed by atoms with E-state index >= 15 is 0 Å². The first-order valence-electron chi connectivity index (χ1n) is 7.57. The Morgan fingerprint density at radius 3 is 2.43 bits per heavy atom. The van der Waals surface area contributed by atoms with E-state index in [1.165, 1.54) is 7.11 Å². The van der Waals surface area contributed by atoms with Crippen LogP contribution in [0.2, 0.25) is 0 Å². The summed E-state index contributed by atoms with van der Waals surface area (Å²) >= 11 is 0. The second kappa shape index (κ2) is 6.50. The molecule has 0 saturated heterocycles. The Balaban J connectivity index is 1.97. The molecule has 0 aromatic heterocycles. The van der Waals surface area contributed by atoms with Crippen molar-refractivity contribution in [1.82, 2.24) is 0 Å². The highest BCUT2D eigenvalue weighted by Crippen LogP contribution is 2.42. The number of ether oxygens (including phenoxy) is 1. The summed E-state index contributed by atoms with van der Waals surface area (Å²) in [6.45, 7) is 0. The summed E-state index contributed by atoms with van der Waals surface area (Å²) in [4.78, 5) is 12.2. The third kappa shape index (κ3) is 3.02. The highest BCUT2D eigenvalue weighted by Gasteiger charge is 2.35. The standard InChI is InChI=1S/C20H17NO2/c1-23-20(22)19-12-17(15-5-3-2-4-6-15)11-18(19)16-9-7-14(13-21)8-10-16/h2-11,18-19H,12H2,1H3/t18-,19-/m1/s1. The van der Waals surface area contributed by atoms with Crippen molar-refractivity contribution in [2.45, 2.75) is 12.3 Å². The zero-order valence-corrected chi connectivity index (χ0v) is 12.9. The Bertz CT molecular complexity index is 770. The predicted octanol–water partition coefficient (Wildman–Crippen LogP) is 3.92. The van der Waals surface area contributed by atoms with Crippen LogP contribution in [0.15, 0.2) is 60.7 Å². The van der Waals surface area contributed by atoms with Gasteiger partial charge in [0.25, 0.3) is 0 Å². The average molecular weight is 303 g/mol. The van der Waals surface area contributed by atoms with Gasteiger partial charge in [-0.1, -0.05) is 48.5 Å². The number of carbonyl (C=O) groups excluding carboxylic acids is 1. The molecule has 0 amide bonds. The van der Waals surface area contributed by atoms with Crippen LogP contribution in [0.25, 0.3) is 5.57 Å². The smallest absolute Gasteiger partial charge is 0.309 e.